The minimum atomic E-state index is -0.230. The molecule has 1 aliphatic heterocycles. The summed E-state index contributed by atoms with van der Waals surface area (Å²) in [7, 11) is 0. The molecule has 2 aromatic rings. The molecule has 3 rings (SSSR count). The lowest BCUT2D eigenvalue weighted by Gasteiger charge is -2.33. The average molecular weight is 387 g/mol. The van der Waals surface area contributed by atoms with Gasteiger partial charge in [-0.25, -0.2) is 0 Å². The van der Waals surface area contributed by atoms with Crippen molar-refractivity contribution in [2.75, 3.05) is 18.4 Å². The Hall–Kier alpha value is -2.28. The van der Waals surface area contributed by atoms with Crippen LogP contribution in [0.25, 0.3) is 0 Å². The molecule has 27 heavy (non-hydrogen) atoms. The van der Waals surface area contributed by atoms with Gasteiger partial charge in [-0.05, 0) is 37.8 Å². The molecule has 0 aliphatic carbocycles. The highest BCUT2D eigenvalue weighted by Gasteiger charge is 2.29. The number of nitrogens with one attached hydrogen (secondary N) is 1. The van der Waals surface area contributed by atoms with Crippen molar-refractivity contribution < 1.29 is 9.59 Å². The van der Waals surface area contributed by atoms with E-state index in [1.54, 1.807) is 0 Å². The summed E-state index contributed by atoms with van der Waals surface area (Å²) >= 11 is 1.35. The molecule has 2 amide bonds. The number of amides is 2. The zero-order chi connectivity index (χ0) is 19.2. The predicted octanol–water partition coefficient (Wildman–Crippen LogP) is 3.93. The summed E-state index contributed by atoms with van der Waals surface area (Å²) < 4.78 is 0. The average Bonchev–Trinajstić information content (AvgIpc) is 3.20. The van der Waals surface area contributed by atoms with E-state index in [9.17, 15) is 9.59 Å². The molecule has 0 radical (unpaired) electrons. The van der Waals surface area contributed by atoms with Gasteiger partial charge in [0, 0.05) is 30.6 Å². The van der Waals surface area contributed by atoms with Gasteiger partial charge in [0.25, 0.3) is 5.91 Å². The Labute approximate surface area is 164 Å². The quantitative estimate of drug-likeness (QED) is 0.816. The Bertz CT molecular complexity index is 765. The molecule has 0 atom stereocenters. The van der Waals surface area contributed by atoms with E-state index in [-0.39, 0.29) is 23.7 Å². The van der Waals surface area contributed by atoms with Crippen molar-refractivity contribution >= 4 is 28.8 Å². The van der Waals surface area contributed by atoms with E-state index in [1.807, 2.05) is 35.2 Å². The van der Waals surface area contributed by atoms with Crippen LogP contribution in [0.2, 0.25) is 0 Å². The standard InChI is InChI=1S/C20H26N4O2S/c1-3-14(4-2)20(26)24-12-10-15(11-13-24)18-22-23-19(27-18)17(25)21-16-8-6-5-7-9-16/h5-9,14-15H,3-4,10-13H2,1-2H3,(H,21,25). The number of piperidine rings is 1. The number of hydrogen-bond acceptors (Lipinski definition) is 5. The van der Waals surface area contributed by atoms with Crippen LogP contribution in [0.3, 0.4) is 0 Å². The van der Waals surface area contributed by atoms with Gasteiger partial charge in [0.2, 0.25) is 10.9 Å². The fourth-order valence-corrected chi connectivity index (χ4v) is 4.35. The lowest BCUT2D eigenvalue weighted by molar-refractivity contribution is -0.136. The third kappa shape index (κ3) is 4.71. The highest BCUT2D eigenvalue weighted by Crippen LogP contribution is 2.31. The predicted molar refractivity (Wildman–Crippen MR) is 107 cm³/mol. The molecular weight excluding hydrogens is 360 g/mol. The smallest absolute Gasteiger partial charge is 0.286 e. The summed E-state index contributed by atoms with van der Waals surface area (Å²) in [6, 6.07) is 9.33. The molecule has 1 aromatic carbocycles. The van der Waals surface area contributed by atoms with Crippen LogP contribution < -0.4 is 5.32 Å². The second-order valence-electron chi connectivity index (χ2n) is 6.88. The maximum absolute atomic E-state index is 12.5. The summed E-state index contributed by atoms with van der Waals surface area (Å²) in [5.41, 5.74) is 0.743. The summed E-state index contributed by atoms with van der Waals surface area (Å²) in [6.45, 7) is 5.65. The summed E-state index contributed by atoms with van der Waals surface area (Å²) in [5.74, 6) is 0.452. The topological polar surface area (TPSA) is 75.2 Å². The molecule has 1 aromatic heterocycles. The SMILES string of the molecule is CCC(CC)C(=O)N1CCC(c2nnc(C(=O)Nc3ccccc3)s2)CC1. The molecule has 1 fully saturated rings. The number of carbonyl (C=O) groups is 2. The van der Waals surface area contributed by atoms with Crippen LogP contribution in [-0.2, 0) is 4.79 Å². The Morgan fingerprint density at radius 1 is 1.15 bits per heavy atom. The third-order valence-electron chi connectivity index (χ3n) is 5.16. The number of anilines is 1. The van der Waals surface area contributed by atoms with Crippen LogP contribution in [-0.4, -0.2) is 40.0 Å². The largest absolute Gasteiger partial charge is 0.342 e. The van der Waals surface area contributed by atoms with Crippen LogP contribution >= 0.6 is 11.3 Å². The fraction of sp³-hybridized carbons (Fsp3) is 0.500. The van der Waals surface area contributed by atoms with Gasteiger partial charge in [-0.2, -0.15) is 0 Å². The number of nitrogens with zero attached hydrogens (tertiary/aromatic N) is 3. The molecule has 0 unspecified atom stereocenters. The maximum Gasteiger partial charge on any atom is 0.286 e. The highest BCUT2D eigenvalue weighted by molar-refractivity contribution is 7.13. The van der Waals surface area contributed by atoms with Gasteiger partial charge in [-0.1, -0.05) is 43.4 Å². The molecule has 6 nitrogen and oxygen atoms in total. The Kier molecular flexibility index (Phi) is 6.55. The molecule has 7 heteroatoms. The summed E-state index contributed by atoms with van der Waals surface area (Å²) in [4.78, 5) is 26.8. The first kappa shape index (κ1) is 19.5. The number of likely N-dealkylation sites (tertiary alicyclic amines) is 1. The zero-order valence-electron chi connectivity index (χ0n) is 15.9. The van der Waals surface area contributed by atoms with Gasteiger partial charge in [0.05, 0.1) is 0 Å². The first-order valence-electron chi connectivity index (χ1n) is 9.61. The van der Waals surface area contributed by atoms with Crippen molar-refractivity contribution in [3.63, 3.8) is 0 Å². The highest BCUT2D eigenvalue weighted by atomic mass is 32.1. The van der Waals surface area contributed by atoms with Crippen LogP contribution in [0.15, 0.2) is 30.3 Å². The van der Waals surface area contributed by atoms with E-state index >= 15 is 0 Å². The minimum Gasteiger partial charge on any atom is -0.342 e. The molecule has 1 saturated heterocycles. The van der Waals surface area contributed by atoms with Crippen molar-refractivity contribution in [3.05, 3.63) is 40.3 Å². The molecule has 0 bridgehead atoms. The lowest BCUT2D eigenvalue weighted by atomic mass is 9.95. The van der Waals surface area contributed by atoms with Crippen molar-refractivity contribution in [1.29, 1.82) is 0 Å². The monoisotopic (exact) mass is 386 g/mol. The second kappa shape index (κ2) is 9.08. The number of rotatable bonds is 6. The number of benzene rings is 1. The van der Waals surface area contributed by atoms with Gasteiger partial charge in [0.15, 0.2) is 0 Å². The number of hydrogen-bond donors (Lipinski definition) is 1. The molecule has 144 valence electrons. The van der Waals surface area contributed by atoms with Crippen LogP contribution in [0.1, 0.15) is 60.3 Å². The minimum absolute atomic E-state index is 0.136. The molecule has 1 aliphatic rings. The van der Waals surface area contributed by atoms with Gasteiger partial charge >= 0.3 is 0 Å². The van der Waals surface area contributed by atoms with E-state index in [0.717, 1.165) is 49.5 Å². The zero-order valence-corrected chi connectivity index (χ0v) is 16.7. The lowest BCUT2D eigenvalue weighted by Crippen LogP contribution is -2.41. The first-order chi connectivity index (χ1) is 13.1. The Morgan fingerprint density at radius 2 is 1.81 bits per heavy atom. The molecule has 1 N–H and O–H groups in total. The number of aromatic nitrogens is 2. The first-order valence-corrected chi connectivity index (χ1v) is 10.4. The van der Waals surface area contributed by atoms with Gasteiger partial charge in [-0.15, -0.1) is 10.2 Å². The van der Waals surface area contributed by atoms with Crippen LogP contribution in [0.4, 0.5) is 5.69 Å². The van der Waals surface area contributed by atoms with Crippen molar-refractivity contribution in [2.24, 2.45) is 5.92 Å². The van der Waals surface area contributed by atoms with E-state index in [2.05, 4.69) is 29.4 Å². The summed E-state index contributed by atoms with van der Waals surface area (Å²) in [6.07, 6.45) is 3.54. The third-order valence-corrected chi connectivity index (χ3v) is 6.24. The van der Waals surface area contributed by atoms with Crippen molar-refractivity contribution in [3.8, 4) is 0 Å². The van der Waals surface area contributed by atoms with E-state index in [1.165, 1.54) is 11.3 Å². The normalized spacial score (nSPS) is 15.1. The Morgan fingerprint density at radius 3 is 2.44 bits per heavy atom. The fourth-order valence-electron chi connectivity index (χ4n) is 3.44. The second-order valence-corrected chi connectivity index (χ2v) is 7.89. The van der Waals surface area contributed by atoms with Gasteiger partial charge in [-0.3, -0.25) is 9.59 Å². The van der Waals surface area contributed by atoms with E-state index in [4.69, 9.17) is 0 Å². The number of para-hydroxylation sites is 1. The Balaban J connectivity index is 1.56. The molecular formula is C20H26N4O2S. The van der Waals surface area contributed by atoms with Crippen LogP contribution in [0.5, 0.6) is 0 Å². The van der Waals surface area contributed by atoms with Gasteiger partial charge in [0.1, 0.15) is 5.01 Å². The maximum atomic E-state index is 12.5. The summed E-state index contributed by atoms with van der Waals surface area (Å²) in [5, 5.41) is 12.4. The van der Waals surface area contributed by atoms with Gasteiger partial charge < -0.3 is 10.2 Å². The molecule has 0 saturated carbocycles. The van der Waals surface area contributed by atoms with E-state index < -0.39 is 0 Å². The number of carbonyl (C=O) groups excluding carboxylic acids is 2. The van der Waals surface area contributed by atoms with E-state index in [0.29, 0.717) is 5.01 Å². The molecule has 2 heterocycles. The molecule has 0 spiro atoms. The van der Waals surface area contributed by atoms with Crippen molar-refractivity contribution in [1.82, 2.24) is 15.1 Å². The van der Waals surface area contributed by atoms with Crippen LogP contribution in [0, 0.1) is 5.92 Å². The van der Waals surface area contributed by atoms with Crippen molar-refractivity contribution in [2.45, 2.75) is 45.4 Å².